The molecule has 2 heterocycles. The van der Waals surface area contributed by atoms with Crippen molar-refractivity contribution in [2.75, 3.05) is 14.2 Å². The van der Waals surface area contributed by atoms with Crippen LogP contribution >= 0.6 is 0 Å². The Hall–Kier alpha value is -2.01. The molecule has 100 valence electrons. The van der Waals surface area contributed by atoms with E-state index in [1.165, 1.54) is 0 Å². The van der Waals surface area contributed by atoms with Crippen LogP contribution in [0.3, 0.4) is 0 Å². The molecule has 2 aromatic heterocycles. The second-order valence-corrected chi connectivity index (χ2v) is 4.41. The number of nitrogens with zero attached hydrogens (tertiary/aromatic N) is 3. The topological polar surface area (TPSA) is 59.9 Å². The van der Waals surface area contributed by atoms with Gasteiger partial charge < -0.3 is 10.1 Å². The smallest absolute Gasteiger partial charge is 0.137 e. The number of rotatable bonds is 4. The zero-order valence-electron chi connectivity index (χ0n) is 11.6. The average Bonchev–Trinajstić information content (AvgIpc) is 2.44. The Morgan fingerprint density at radius 3 is 2.63 bits per heavy atom. The lowest BCUT2D eigenvalue weighted by atomic mass is 9.99. The number of hydrogen-bond donors (Lipinski definition) is 1. The van der Waals surface area contributed by atoms with Crippen molar-refractivity contribution >= 4 is 0 Å². The highest BCUT2D eigenvalue weighted by Gasteiger charge is 2.16. The molecular formula is C14H18N4O. The first-order valence-corrected chi connectivity index (χ1v) is 6.12. The van der Waals surface area contributed by atoms with Gasteiger partial charge in [0.25, 0.3) is 0 Å². The SMILES string of the molecule is CNC(c1cncc(OC)c1)c1cc(C)nnc1C. The van der Waals surface area contributed by atoms with E-state index < -0.39 is 0 Å². The van der Waals surface area contributed by atoms with Crippen LogP contribution < -0.4 is 10.1 Å². The number of ether oxygens (including phenoxy) is 1. The molecule has 1 N–H and O–H groups in total. The Bertz CT molecular complexity index is 571. The molecule has 19 heavy (non-hydrogen) atoms. The highest BCUT2D eigenvalue weighted by Crippen LogP contribution is 2.25. The molecule has 0 amide bonds. The predicted molar refractivity (Wildman–Crippen MR) is 73.2 cm³/mol. The molecule has 0 aromatic carbocycles. The van der Waals surface area contributed by atoms with Gasteiger partial charge >= 0.3 is 0 Å². The van der Waals surface area contributed by atoms with Crippen molar-refractivity contribution in [3.05, 3.63) is 47.0 Å². The molecule has 0 aliphatic rings. The van der Waals surface area contributed by atoms with E-state index in [-0.39, 0.29) is 6.04 Å². The van der Waals surface area contributed by atoms with E-state index in [2.05, 4.69) is 20.5 Å². The van der Waals surface area contributed by atoms with E-state index in [1.807, 2.05) is 39.2 Å². The molecule has 0 bridgehead atoms. The Kier molecular flexibility index (Phi) is 4.06. The summed E-state index contributed by atoms with van der Waals surface area (Å²) in [6.45, 7) is 3.90. The van der Waals surface area contributed by atoms with Crippen molar-refractivity contribution < 1.29 is 4.74 Å². The molecule has 0 aliphatic heterocycles. The third-order valence-electron chi connectivity index (χ3n) is 3.04. The van der Waals surface area contributed by atoms with Crippen molar-refractivity contribution in [2.24, 2.45) is 0 Å². The zero-order chi connectivity index (χ0) is 13.8. The van der Waals surface area contributed by atoms with Gasteiger partial charge in [-0.2, -0.15) is 10.2 Å². The van der Waals surface area contributed by atoms with E-state index in [0.717, 1.165) is 28.3 Å². The molecule has 0 saturated carbocycles. The van der Waals surface area contributed by atoms with Crippen LogP contribution in [0.1, 0.15) is 28.6 Å². The molecule has 0 radical (unpaired) electrons. The Balaban J connectivity index is 2.46. The summed E-state index contributed by atoms with van der Waals surface area (Å²) in [6.07, 6.45) is 3.53. The molecule has 1 unspecified atom stereocenters. The monoisotopic (exact) mass is 258 g/mol. The summed E-state index contributed by atoms with van der Waals surface area (Å²) in [5, 5.41) is 11.5. The van der Waals surface area contributed by atoms with Crippen LogP contribution in [0.4, 0.5) is 0 Å². The molecule has 0 fully saturated rings. The summed E-state index contributed by atoms with van der Waals surface area (Å²) in [7, 11) is 3.55. The van der Waals surface area contributed by atoms with Gasteiger partial charge in [-0.15, -0.1) is 0 Å². The standard InChI is InChI=1S/C14H18N4O/c1-9-5-13(10(2)18-17-9)14(15-3)11-6-12(19-4)8-16-7-11/h5-8,14-15H,1-4H3. The molecule has 2 aromatic rings. The van der Waals surface area contributed by atoms with Crippen molar-refractivity contribution in [2.45, 2.75) is 19.9 Å². The van der Waals surface area contributed by atoms with Gasteiger partial charge in [0, 0.05) is 6.20 Å². The van der Waals surface area contributed by atoms with Crippen molar-refractivity contribution in [3.63, 3.8) is 0 Å². The Labute approximate surface area is 113 Å². The van der Waals surface area contributed by atoms with E-state index in [4.69, 9.17) is 4.74 Å². The summed E-state index contributed by atoms with van der Waals surface area (Å²) in [5.74, 6) is 0.745. The molecule has 5 nitrogen and oxygen atoms in total. The minimum absolute atomic E-state index is 0.0248. The average molecular weight is 258 g/mol. The van der Waals surface area contributed by atoms with Gasteiger partial charge in [0.1, 0.15) is 5.75 Å². The normalized spacial score (nSPS) is 12.2. The Morgan fingerprint density at radius 2 is 1.95 bits per heavy atom. The van der Waals surface area contributed by atoms with Crippen LogP contribution in [-0.4, -0.2) is 29.3 Å². The summed E-state index contributed by atoms with van der Waals surface area (Å²) in [5.41, 5.74) is 3.95. The fourth-order valence-corrected chi connectivity index (χ4v) is 2.07. The molecule has 0 spiro atoms. The van der Waals surface area contributed by atoms with E-state index >= 15 is 0 Å². The number of aromatic nitrogens is 3. The maximum absolute atomic E-state index is 5.22. The van der Waals surface area contributed by atoms with Gasteiger partial charge in [0.05, 0.1) is 30.7 Å². The van der Waals surface area contributed by atoms with Gasteiger partial charge in [-0.3, -0.25) is 4.98 Å². The molecule has 0 saturated heterocycles. The van der Waals surface area contributed by atoms with Crippen LogP contribution in [0.15, 0.2) is 24.5 Å². The molecule has 1 atom stereocenters. The molecule has 0 aliphatic carbocycles. The summed E-state index contributed by atoms with van der Waals surface area (Å²) < 4.78 is 5.22. The van der Waals surface area contributed by atoms with E-state index in [1.54, 1.807) is 13.3 Å². The molecular weight excluding hydrogens is 240 g/mol. The highest BCUT2D eigenvalue weighted by molar-refractivity contribution is 5.35. The van der Waals surface area contributed by atoms with Crippen LogP contribution in [0, 0.1) is 13.8 Å². The van der Waals surface area contributed by atoms with Gasteiger partial charge in [0.15, 0.2) is 0 Å². The summed E-state index contributed by atoms with van der Waals surface area (Å²) in [4.78, 5) is 4.20. The zero-order valence-corrected chi connectivity index (χ0v) is 11.6. The minimum atomic E-state index is 0.0248. The highest BCUT2D eigenvalue weighted by atomic mass is 16.5. The second-order valence-electron chi connectivity index (χ2n) is 4.41. The number of nitrogens with one attached hydrogen (secondary N) is 1. The van der Waals surface area contributed by atoms with Crippen LogP contribution in [0.2, 0.25) is 0 Å². The largest absolute Gasteiger partial charge is 0.495 e. The van der Waals surface area contributed by atoms with Gasteiger partial charge in [-0.25, -0.2) is 0 Å². The lowest BCUT2D eigenvalue weighted by Crippen LogP contribution is -2.20. The van der Waals surface area contributed by atoms with Gasteiger partial charge in [-0.05, 0) is 44.2 Å². The Morgan fingerprint density at radius 1 is 1.16 bits per heavy atom. The number of methoxy groups -OCH3 is 1. The minimum Gasteiger partial charge on any atom is -0.495 e. The number of hydrogen-bond acceptors (Lipinski definition) is 5. The first-order valence-electron chi connectivity index (χ1n) is 6.12. The fourth-order valence-electron chi connectivity index (χ4n) is 2.07. The third kappa shape index (κ3) is 2.88. The van der Waals surface area contributed by atoms with Gasteiger partial charge in [-0.1, -0.05) is 0 Å². The number of pyridine rings is 1. The molecule has 5 heteroatoms. The molecule has 2 rings (SSSR count). The fraction of sp³-hybridized carbons (Fsp3) is 0.357. The first kappa shape index (κ1) is 13.4. The van der Waals surface area contributed by atoms with Crippen molar-refractivity contribution in [1.29, 1.82) is 0 Å². The summed E-state index contributed by atoms with van der Waals surface area (Å²) in [6, 6.07) is 4.04. The third-order valence-corrected chi connectivity index (χ3v) is 3.04. The second kappa shape index (κ2) is 5.75. The lowest BCUT2D eigenvalue weighted by Gasteiger charge is -2.19. The van der Waals surface area contributed by atoms with Crippen molar-refractivity contribution in [1.82, 2.24) is 20.5 Å². The van der Waals surface area contributed by atoms with Gasteiger partial charge in [0.2, 0.25) is 0 Å². The lowest BCUT2D eigenvalue weighted by molar-refractivity contribution is 0.411. The quantitative estimate of drug-likeness (QED) is 0.906. The van der Waals surface area contributed by atoms with Crippen LogP contribution in [0.5, 0.6) is 5.75 Å². The van der Waals surface area contributed by atoms with E-state index in [0.29, 0.717) is 0 Å². The maximum atomic E-state index is 5.22. The van der Waals surface area contributed by atoms with Crippen molar-refractivity contribution in [3.8, 4) is 5.75 Å². The summed E-state index contributed by atoms with van der Waals surface area (Å²) >= 11 is 0. The first-order chi connectivity index (χ1) is 9.15. The maximum Gasteiger partial charge on any atom is 0.137 e. The number of aryl methyl sites for hydroxylation is 2. The van der Waals surface area contributed by atoms with E-state index in [9.17, 15) is 0 Å². The van der Waals surface area contributed by atoms with Crippen LogP contribution in [-0.2, 0) is 0 Å². The predicted octanol–water partition coefficient (Wildman–Crippen LogP) is 1.81. The van der Waals surface area contributed by atoms with Crippen LogP contribution in [0.25, 0.3) is 0 Å².